The predicted octanol–water partition coefficient (Wildman–Crippen LogP) is 2.39. The van der Waals surface area contributed by atoms with Crippen LogP contribution in [0.15, 0.2) is 18.2 Å². The summed E-state index contributed by atoms with van der Waals surface area (Å²) in [5.74, 6) is 3.26. The topological polar surface area (TPSA) is 24.5 Å². The van der Waals surface area contributed by atoms with E-state index in [9.17, 15) is 0 Å². The molecule has 0 saturated heterocycles. The van der Waals surface area contributed by atoms with Crippen molar-refractivity contribution >= 4 is 11.6 Å². The molecule has 0 aliphatic rings. The third kappa shape index (κ3) is 6.49. The van der Waals surface area contributed by atoms with Crippen LogP contribution >= 0.6 is 11.6 Å². The Morgan fingerprint density at radius 3 is 2.89 bits per heavy atom. The van der Waals surface area contributed by atoms with Gasteiger partial charge < -0.3 is 15.0 Å². The van der Waals surface area contributed by atoms with Crippen molar-refractivity contribution in [2.24, 2.45) is 0 Å². The maximum absolute atomic E-state index is 6.00. The van der Waals surface area contributed by atoms with Crippen molar-refractivity contribution in [1.82, 2.24) is 10.2 Å². The monoisotopic (exact) mass is 280 g/mol. The Hall–Kier alpha value is -1.21. The molecular weight excluding hydrogens is 260 g/mol. The highest BCUT2D eigenvalue weighted by molar-refractivity contribution is 6.30. The Kier molecular flexibility index (Phi) is 7.35. The highest BCUT2D eigenvalue weighted by Gasteiger charge is 2.04. The molecule has 0 heterocycles. The molecule has 4 heteroatoms. The summed E-state index contributed by atoms with van der Waals surface area (Å²) < 4.78 is 5.49. The smallest absolute Gasteiger partial charge is 0.148 e. The van der Waals surface area contributed by atoms with Gasteiger partial charge in [-0.05, 0) is 51.8 Å². The summed E-state index contributed by atoms with van der Waals surface area (Å²) in [6.45, 7) is 3.03. The molecule has 0 bridgehead atoms. The summed E-state index contributed by atoms with van der Waals surface area (Å²) in [5.41, 5.74) is 1.03. The predicted molar refractivity (Wildman–Crippen MR) is 80.7 cm³/mol. The zero-order valence-corrected chi connectivity index (χ0v) is 12.3. The average Bonchev–Trinajstić information content (AvgIpc) is 2.37. The Morgan fingerprint density at radius 1 is 1.42 bits per heavy atom. The summed E-state index contributed by atoms with van der Waals surface area (Å²) in [7, 11) is 4.14. The number of terminal acetylenes is 1. The third-order valence-electron chi connectivity index (χ3n) is 2.61. The molecule has 104 valence electrons. The van der Waals surface area contributed by atoms with Crippen LogP contribution in [0.3, 0.4) is 0 Å². The van der Waals surface area contributed by atoms with Crippen LogP contribution in [0.2, 0.25) is 5.02 Å². The van der Waals surface area contributed by atoms with Crippen LogP contribution in [0.5, 0.6) is 5.75 Å². The van der Waals surface area contributed by atoms with Crippen molar-refractivity contribution in [3.63, 3.8) is 0 Å². The van der Waals surface area contributed by atoms with E-state index in [1.165, 1.54) is 0 Å². The lowest BCUT2D eigenvalue weighted by molar-refractivity contribution is 0.363. The van der Waals surface area contributed by atoms with Gasteiger partial charge >= 0.3 is 0 Å². The van der Waals surface area contributed by atoms with E-state index in [0.717, 1.165) is 37.4 Å². The van der Waals surface area contributed by atoms with Gasteiger partial charge in [0.1, 0.15) is 12.4 Å². The summed E-state index contributed by atoms with van der Waals surface area (Å²) >= 11 is 6.00. The fourth-order valence-electron chi connectivity index (χ4n) is 1.69. The molecule has 3 nitrogen and oxygen atoms in total. The Morgan fingerprint density at radius 2 is 2.21 bits per heavy atom. The lowest BCUT2D eigenvalue weighted by atomic mass is 10.2. The quantitative estimate of drug-likeness (QED) is 0.585. The van der Waals surface area contributed by atoms with Crippen LogP contribution in [0, 0.1) is 12.3 Å². The minimum absolute atomic E-state index is 0.273. The molecule has 19 heavy (non-hydrogen) atoms. The molecule has 1 aromatic carbocycles. The maximum Gasteiger partial charge on any atom is 0.148 e. The van der Waals surface area contributed by atoms with E-state index in [-0.39, 0.29) is 6.61 Å². The van der Waals surface area contributed by atoms with Gasteiger partial charge in [-0.1, -0.05) is 17.5 Å². The van der Waals surface area contributed by atoms with Crippen LogP contribution in [-0.4, -0.2) is 38.7 Å². The number of nitrogens with zero attached hydrogens (tertiary/aromatic N) is 1. The molecule has 0 atom stereocenters. The number of ether oxygens (including phenoxy) is 1. The van der Waals surface area contributed by atoms with Gasteiger partial charge in [0.05, 0.1) is 0 Å². The lowest BCUT2D eigenvalue weighted by Gasteiger charge is -2.12. The van der Waals surface area contributed by atoms with Gasteiger partial charge in [0.25, 0.3) is 0 Å². The van der Waals surface area contributed by atoms with Crippen molar-refractivity contribution < 1.29 is 4.74 Å². The first-order valence-corrected chi connectivity index (χ1v) is 6.71. The molecule has 1 rings (SSSR count). The van der Waals surface area contributed by atoms with Crippen LogP contribution in [0.4, 0.5) is 0 Å². The molecule has 0 saturated carbocycles. The van der Waals surface area contributed by atoms with Gasteiger partial charge in [0, 0.05) is 17.1 Å². The van der Waals surface area contributed by atoms with Crippen LogP contribution < -0.4 is 10.1 Å². The van der Waals surface area contributed by atoms with E-state index in [1.807, 2.05) is 18.2 Å². The van der Waals surface area contributed by atoms with E-state index >= 15 is 0 Å². The second kappa shape index (κ2) is 8.82. The molecule has 0 radical (unpaired) electrons. The molecule has 0 unspecified atom stereocenters. The normalized spacial score (nSPS) is 10.5. The Bertz CT molecular complexity index is 427. The molecule has 0 aliphatic carbocycles. The van der Waals surface area contributed by atoms with Gasteiger partial charge in [-0.15, -0.1) is 6.42 Å². The van der Waals surface area contributed by atoms with Crippen LogP contribution in [0.25, 0.3) is 0 Å². The number of hydrogen-bond donors (Lipinski definition) is 1. The van der Waals surface area contributed by atoms with Gasteiger partial charge in [0.15, 0.2) is 0 Å². The van der Waals surface area contributed by atoms with Crippen molar-refractivity contribution in [2.45, 2.75) is 13.0 Å². The van der Waals surface area contributed by atoms with E-state index in [2.05, 4.69) is 30.2 Å². The molecule has 0 aromatic heterocycles. The molecule has 1 aromatic rings. The van der Waals surface area contributed by atoms with E-state index in [4.69, 9.17) is 22.8 Å². The third-order valence-corrected chi connectivity index (χ3v) is 2.84. The molecule has 0 fully saturated rings. The first-order chi connectivity index (χ1) is 9.13. The first-order valence-electron chi connectivity index (χ1n) is 6.33. The first kappa shape index (κ1) is 15.8. The van der Waals surface area contributed by atoms with E-state index in [0.29, 0.717) is 5.02 Å². The van der Waals surface area contributed by atoms with Gasteiger partial charge in [0.2, 0.25) is 0 Å². The van der Waals surface area contributed by atoms with Crippen molar-refractivity contribution in [1.29, 1.82) is 0 Å². The summed E-state index contributed by atoms with van der Waals surface area (Å²) in [6, 6.07) is 5.58. The maximum atomic E-state index is 6.00. The molecule has 0 amide bonds. The summed E-state index contributed by atoms with van der Waals surface area (Å²) in [6.07, 6.45) is 6.31. The van der Waals surface area contributed by atoms with Crippen molar-refractivity contribution in [3.8, 4) is 18.1 Å². The largest absolute Gasteiger partial charge is 0.481 e. The summed E-state index contributed by atoms with van der Waals surface area (Å²) in [4.78, 5) is 2.17. The van der Waals surface area contributed by atoms with Crippen LogP contribution in [-0.2, 0) is 6.54 Å². The highest BCUT2D eigenvalue weighted by atomic mass is 35.5. The van der Waals surface area contributed by atoms with E-state index in [1.54, 1.807) is 0 Å². The number of halogens is 1. The fourth-order valence-corrected chi connectivity index (χ4v) is 1.88. The number of hydrogen-bond acceptors (Lipinski definition) is 3. The standard InChI is InChI=1S/C15H21ClN2O/c1-4-10-19-15-7-6-14(16)11-13(15)12-17-8-5-9-18(2)3/h1,6-7,11,17H,5,8-10,12H2,2-3H3. The fraction of sp³-hybridized carbons (Fsp3) is 0.467. The zero-order valence-electron chi connectivity index (χ0n) is 11.6. The van der Waals surface area contributed by atoms with E-state index < -0.39 is 0 Å². The average molecular weight is 281 g/mol. The molecule has 0 spiro atoms. The second-order valence-corrected chi connectivity index (χ2v) is 5.01. The number of benzene rings is 1. The minimum Gasteiger partial charge on any atom is -0.481 e. The van der Waals surface area contributed by atoms with Gasteiger partial charge in [-0.2, -0.15) is 0 Å². The Labute approximate surface area is 120 Å². The second-order valence-electron chi connectivity index (χ2n) is 4.58. The van der Waals surface area contributed by atoms with Crippen molar-refractivity contribution in [3.05, 3.63) is 28.8 Å². The minimum atomic E-state index is 0.273. The Balaban J connectivity index is 2.46. The van der Waals surface area contributed by atoms with Gasteiger partial charge in [-0.25, -0.2) is 0 Å². The number of rotatable bonds is 8. The molecule has 1 N–H and O–H groups in total. The molecular formula is C15H21ClN2O. The summed E-state index contributed by atoms with van der Waals surface area (Å²) in [5, 5.41) is 4.09. The lowest BCUT2D eigenvalue weighted by Crippen LogP contribution is -2.21. The number of nitrogens with one attached hydrogen (secondary N) is 1. The van der Waals surface area contributed by atoms with Crippen LogP contribution in [0.1, 0.15) is 12.0 Å². The van der Waals surface area contributed by atoms with Crippen molar-refractivity contribution in [2.75, 3.05) is 33.8 Å². The molecule has 0 aliphatic heterocycles. The van der Waals surface area contributed by atoms with Gasteiger partial charge in [-0.3, -0.25) is 0 Å². The highest BCUT2D eigenvalue weighted by Crippen LogP contribution is 2.22. The zero-order chi connectivity index (χ0) is 14.1. The SMILES string of the molecule is C#CCOc1ccc(Cl)cc1CNCCCN(C)C.